The Labute approximate surface area is 102 Å². The number of rotatable bonds is 4. The van der Waals surface area contributed by atoms with Gasteiger partial charge in [-0.3, -0.25) is 0 Å². The summed E-state index contributed by atoms with van der Waals surface area (Å²) in [4.78, 5) is 0. The molecule has 0 unspecified atom stereocenters. The molecule has 2 aromatic rings. The summed E-state index contributed by atoms with van der Waals surface area (Å²) in [5.74, 6) is -0.0505. The number of aromatic nitrogens is 2. The fourth-order valence-corrected chi connectivity index (χ4v) is 1.41. The highest BCUT2D eigenvalue weighted by Gasteiger charge is 2.08. The summed E-state index contributed by atoms with van der Waals surface area (Å²) < 4.78 is 18.6. The predicted molar refractivity (Wildman–Crippen MR) is 61.7 cm³/mol. The monoisotopic (exact) mass is 256 g/mol. The van der Waals surface area contributed by atoms with Crippen molar-refractivity contribution in [1.29, 1.82) is 0 Å². The summed E-state index contributed by atoms with van der Waals surface area (Å²) in [6.45, 7) is 0.410. The molecule has 90 valence electrons. The summed E-state index contributed by atoms with van der Waals surface area (Å²) in [6, 6.07) is 4.25. The number of nitrogens with zero attached hydrogens (tertiary/aromatic N) is 2. The molecule has 0 bridgehead atoms. The maximum Gasteiger partial charge on any atom is 0.320 e. The molecule has 5 nitrogen and oxygen atoms in total. The van der Waals surface area contributed by atoms with Crippen LogP contribution in [0.3, 0.4) is 0 Å². The molecule has 0 aliphatic carbocycles. The molecular weight excluding hydrogens is 247 g/mol. The van der Waals surface area contributed by atoms with Crippen molar-refractivity contribution in [2.45, 2.75) is 6.42 Å². The van der Waals surface area contributed by atoms with Gasteiger partial charge in [-0.2, -0.15) is 0 Å². The van der Waals surface area contributed by atoms with Gasteiger partial charge < -0.3 is 15.5 Å². The van der Waals surface area contributed by atoms with Crippen LogP contribution in [0.5, 0.6) is 0 Å². The molecule has 3 N–H and O–H groups in total. The molecule has 1 aromatic heterocycles. The number of hydrogen-bond donors (Lipinski definition) is 2. The molecule has 0 amide bonds. The second-order valence-electron chi connectivity index (χ2n) is 3.29. The lowest BCUT2D eigenvalue weighted by Crippen LogP contribution is -2.02. The van der Waals surface area contributed by atoms with E-state index in [1.165, 1.54) is 18.2 Å². The molecule has 1 heterocycles. The zero-order valence-electron chi connectivity index (χ0n) is 8.78. The third kappa shape index (κ3) is 2.92. The van der Waals surface area contributed by atoms with E-state index in [9.17, 15) is 4.39 Å². The Kier molecular flexibility index (Phi) is 3.55. The van der Waals surface area contributed by atoms with E-state index in [1.54, 1.807) is 0 Å². The summed E-state index contributed by atoms with van der Waals surface area (Å²) in [6.07, 6.45) is 0.479. The van der Waals surface area contributed by atoms with E-state index in [4.69, 9.17) is 21.8 Å². The lowest BCUT2D eigenvalue weighted by atomic mass is 10.3. The Morgan fingerprint density at radius 3 is 3.00 bits per heavy atom. The standard InChI is InChI=1S/C10H10ClFN4O/c11-6-1-2-7(12)8(5-6)14-10-16-15-9(17-10)3-4-13/h1-2,5H,3-4,13H2,(H,14,16). The van der Waals surface area contributed by atoms with E-state index in [2.05, 4.69) is 15.5 Å². The minimum absolute atomic E-state index is 0.106. The molecule has 17 heavy (non-hydrogen) atoms. The molecule has 0 aliphatic heterocycles. The quantitative estimate of drug-likeness (QED) is 0.876. The van der Waals surface area contributed by atoms with Crippen molar-refractivity contribution in [2.24, 2.45) is 5.73 Å². The molecule has 0 atom stereocenters. The average molecular weight is 257 g/mol. The van der Waals surface area contributed by atoms with Crippen LogP contribution in [0.2, 0.25) is 5.02 Å². The normalized spacial score (nSPS) is 10.5. The first-order valence-electron chi connectivity index (χ1n) is 4.93. The van der Waals surface area contributed by atoms with Crippen molar-refractivity contribution in [3.63, 3.8) is 0 Å². The van der Waals surface area contributed by atoms with Crippen LogP contribution in [0.1, 0.15) is 5.89 Å². The first-order chi connectivity index (χ1) is 8.19. The van der Waals surface area contributed by atoms with Gasteiger partial charge >= 0.3 is 6.01 Å². The molecular formula is C10H10ClFN4O. The number of nitrogens with one attached hydrogen (secondary N) is 1. The Balaban J connectivity index is 2.16. The maximum atomic E-state index is 13.4. The second-order valence-corrected chi connectivity index (χ2v) is 3.73. The number of anilines is 2. The number of hydrogen-bond acceptors (Lipinski definition) is 5. The number of nitrogens with two attached hydrogens (primary N) is 1. The van der Waals surface area contributed by atoms with Crippen molar-refractivity contribution in [2.75, 3.05) is 11.9 Å². The van der Waals surface area contributed by atoms with Gasteiger partial charge in [0.25, 0.3) is 0 Å². The van der Waals surface area contributed by atoms with Gasteiger partial charge in [0, 0.05) is 18.0 Å². The Morgan fingerprint density at radius 1 is 1.41 bits per heavy atom. The lowest BCUT2D eigenvalue weighted by Gasteiger charge is -2.02. The maximum absolute atomic E-state index is 13.4. The van der Waals surface area contributed by atoms with Gasteiger partial charge in [-0.05, 0) is 18.2 Å². The Hall–Kier alpha value is -1.66. The highest BCUT2D eigenvalue weighted by molar-refractivity contribution is 6.30. The van der Waals surface area contributed by atoms with Crippen molar-refractivity contribution in [3.8, 4) is 0 Å². The fourth-order valence-electron chi connectivity index (χ4n) is 1.24. The first-order valence-corrected chi connectivity index (χ1v) is 5.31. The molecule has 1 aromatic carbocycles. The SMILES string of the molecule is NCCc1nnc(Nc2cc(Cl)ccc2F)o1. The fraction of sp³-hybridized carbons (Fsp3) is 0.200. The molecule has 7 heteroatoms. The van der Waals surface area contributed by atoms with Crippen LogP contribution in [-0.4, -0.2) is 16.7 Å². The van der Waals surface area contributed by atoms with Crippen LogP contribution in [0.4, 0.5) is 16.1 Å². The number of halogens is 2. The van der Waals surface area contributed by atoms with Crippen molar-refractivity contribution < 1.29 is 8.81 Å². The summed E-state index contributed by atoms with van der Waals surface area (Å²) in [5.41, 5.74) is 5.52. The van der Waals surface area contributed by atoms with Gasteiger partial charge in [0.1, 0.15) is 5.82 Å². The van der Waals surface area contributed by atoms with Crippen LogP contribution in [-0.2, 0) is 6.42 Å². The molecule has 0 radical (unpaired) electrons. The largest absolute Gasteiger partial charge is 0.408 e. The topological polar surface area (TPSA) is 77.0 Å². The average Bonchev–Trinajstić information content (AvgIpc) is 2.72. The summed E-state index contributed by atoms with van der Waals surface area (Å²) in [7, 11) is 0. The van der Waals surface area contributed by atoms with Crippen LogP contribution in [0.25, 0.3) is 0 Å². The molecule has 0 spiro atoms. The van der Waals surface area contributed by atoms with Gasteiger partial charge in [0.15, 0.2) is 0 Å². The zero-order chi connectivity index (χ0) is 12.3. The van der Waals surface area contributed by atoms with E-state index >= 15 is 0 Å². The van der Waals surface area contributed by atoms with Crippen LogP contribution >= 0.6 is 11.6 Å². The summed E-state index contributed by atoms with van der Waals surface area (Å²) in [5, 5.41) is 10.5. The molecule has 0 saturated carbocycles. The van der Waals surface area contributed by atoms with Crippen molar-refractivity contribution >= 4 is 23.3 Å². The smallest absolute Gasteiger partial charge is 0.320 e. The van der Waals surface area contributed by atoms with Gasteiger partial charge in [-0.25, -0.2) is 4.39 Å². The van der Waals surface area contributed by atoms with E-state index in [-0.39, 0.29) is 11.7 Å². The van der Waals surface area contributed by atoms with Crippen LogP contribution in [0, 0.1) is 5.82 Å². The molecule has 0 fully saturated rings. The van der Waals surface area contributed by atoms with E-state index < -0.39 is 5.82 Å². The van der Waals surface area contributed by atoms with Gasteiger partial charge in [0.05, 0.1) is 5.69 Å². The lowest BCUT2D eigenvalue weighted by molar-refractivity contribution is 0.509. The van der Waals surface area contributed by atoms with Gasteiger partial charge in [-0.1, -0.05) is 16.7 Å². The summed E-state index contributed by atoms with van der Waals surface area (Å²) >= 11 is 5.75. The van der Waals surface area contributed by atoms with Crippen LogP contribution in [0.15, 0.2) is 22.6 Å². The second kappa shape index (κ2) is 5.11. The Bertz CT molecular complexity index is 517. The highest BCUT2D eigenvalue weighted by atomic mass is 35.5. The predicted octanol–water partition coefficient (Wildman–Crippen LogP) is 2.11. The third-order valence-electron chi connectivity index (χ3n) is 2.00. The van der Waals surface area contributed by atoms with Crippen molar-refractivity contribution in [1.82, 2.24) is 10.2 Å². The van der Waals surface area contributed by atoms with E-state index in [1.807, 2.05) is 0 Å². The van der Waals surface area contributed by atoms with Crippen molar-refractivity contribution in [3.05, 3.63) is 34.9 Å². The molecule has 0 saturated heterocycles. The van der Waals surface area contributed by atoms with Crippen LogP contribution < -0.4 is 11.1 Å². The minimum Gasteiger partial charge on any atom is -0.408 e. The first kappa shape index (κ1) is 11.8. The highest BCUT2D eigenvalue weighted by Crippen LogP contribution is 2.22. The van der Waals surface area contributed by atoms with E-state index in [0.29, 0.717) is 23.9 Å². The zero-order valence-corrected chi connectivity index (χ0v) is 9.54. The number of benzene rings is 1. The Morgan fingerprint density at radius 2 is 2.24 bits per heavy atom. The van der Waals surface area contributed by atoms with Gasteiger partial charge in [0.2, 0.25) is 5.89 Å². The minimum atomic E-state index is -0.451. The third-order valence-corrected chi connectivity index (χ3v) is 2.23. The molecule has 0 aliphatic rings. The molecule has 2 rings (SSSR count). The van der Waals surface area contributed by atoms with E-state index in [0.717, 1.165) is 0 Å². The van der Waals surface area contributed by atoms with Gasteiger partial charge in [-0.15, -0.1) is 5.10 Å².